The van der Waals surface area contributed by atoms with Crippen LogP contribution in [0.3, 0.4) is 0 Å². The van der Waals surface area contributed by atoms with Crippen LogP contribution in [0.4, 0.5) is 0 Å². The molecule has 0 aromatic heterocycles. The summed E-state index contributed by atoms with van der Waals surface area (Å²) < 4.78 is 24.0. The second kappa shape index (κ2) is 3.15. The van der Waals surface area contributed by atoms with Crippen LogP contribution in [0.5, 0.6) is 0 Å². The third-order valence-corrected chi connectivity index (χ3v) is 0. The van der Waals surface area contributed by atoms with Gasteiger partial charge in [-0.3, -0.25) is 9.11 Å². The van der Waals surface area contributed by atoms with Gasteiger partial charge in [0.1, 0.15) is 0 Å². The van der Waals surface area contributed by atoms with Crippen LogP contribution in [0.15, 0.2) is 0 Å². The van der Waals surface area contributed by atoms with Gasteiger partial charge in [0, 0.05) is 35.6 Å². The number of rotatable bonds is 0. The van der Waals surface area contributed by atoms with Gasteiger partial charge in [-0.2, -0.15) is 4.21 Å². The van der Waals surface area contributed by atoms with E-state index in [9.17, 15) is 0 Å². The Kier molecular flexibility index (Phi) is 5.34. The summed E-state index contributed by atoms with van der Waals surface area (Å²) in [5, 5.41) is 0. The molecule has 0 amide bonds. The standard InChI is InChI=1S/H2O3S2.Sb/c1-5(2,3)4;/h(H2,1,2,3,4);. The molecule has 0 saturated heterocycles. The average Bonchev–Trinajstić information content (AvgIpc) is 0.722. The van der Waals surface area contributed by atoms with Crippen LogP contribution >= 0.6 is 0 Å². The Balaban J connectivity index is 0. The second-order valence-electron chi connectivity index (χ2n) is 0.448. The first kappa shape index (κ1) is 10.2. The van der Waals surface area contributed by atoms with Gasteiger partial charge in [0.25, 0.3) is 9.05 Å². The minimum absolute atomic E-state index is 0. The summed E-state index contributed by atoms with van der Waals surface area (Å²) in [6.45, 7) is 0. The van der Waals surface area contributed by atoms with Gasteiger partial charge < -0.3 is 0 Å². The molecular formula is H2O3S2Sb. The van der Waals surface area contributed by atoms with Gasteiger partial charge in [-0.05, 0) is 0 Å². The molecule has 0 aromatic carbocycles. The fraction of sp³-hybridized carbons (Fsp3) is 0. The van der Waals surface area contributed by atoms with Crippen molar-refractivity contribution in [1.82, 2.24) is 0 Å². The molecule has 0 saturated carbocycles. The van der Waals surface area contributed by atoms with Gasteiger partial charge in [-0.15, -0.1) is 0 Å². The molecular weight excluding hydrogens is 234 g/mol. The van der Waals surface area contributed by atoms with Crippen molar-refractivity contribution in [2.45, 2.75) is 0 Å². The van der Waals surface area contributed by atoms with Crippen LogP contribution in [0.1, 0.15) is 0 Å². The zero-order chi connectivity index (χ0) is 4.50. The first-order valence-electron chi connectivity index (χ1n) is 0.698. The molecule has 37 valence electrons. The molecule has 0 bridgehead atoms. The van der Waals surface area contributed by atoms with E-state index < -0.39 is 9.05 Å². The number of hydrogen-bond acceptors (Lipinski definition) is 2. The van der Waals surface area contributed by atoms with Gasteiger partial charge in [0.05, 0.1) is 0 Å². The molecule has 0 heterocycles. The van der Waals surface area contributed by atoms with Crippen LogP contribution < -0.4 is 0 Å². The molecule has 0 unspecified atom stereocenters. The monoisotopic (exact) mass is 235 g/mol. The van der Waals surface area contributed by atoms with E-state index in [2.05, 4.69) is 11.2 Å². The van der Waals surface area contributed by atoms with E-state index in [1.54, 1.807) is 0 Å². The molecule has 0 aliphatic carbocycles. The summed E-state index contributed by atoms with van der Waals surface area (Å²) >= 11 is 3.47. The Bertz CT molecular complexity index is 92.0. The van der Waals surface area contributed by atoms with Gasteiger partial charge in [-0.1, -0.05) is 0 Å². The molecule has 6 heavy (non-hydrogen) atoms. The van der Waals surface area contributed by atoms with Crippen LogP contribution in [-0.2, 0) is 20.2 Å². The Hall–Kier alpha value is 1.11. The Morgan fingerprint density at radius 1 is 1.50 bits per heavy atom. The Morgan fingerprint density at radius 3 is 1.50 bits per heavy atom. The first-order valence-corrected chi connectivity index (χ1v) is 3.10. The molecule has 2 N–H and O–H groups in total. The first-order chi connectivity index (χ1) is 2.00. The topological polar surface area (TPSA) is 57.5 Å². The summed E-state index contributed by atoms with van der Waals surface area (Å²) in [5.41, 5.74) is 0. The van der Waals surface area contributed by atoms with Crippen molar-refractivity contribution >= 4 is 44.7 Å². The molecule has 0 atom stereocenters. The molecule has 0 aliphatic heterocycles. The second-order valence-corrected chi connectivity index (χ2v) is 2.65. The number of hydrogen-bond donors (Lipinski definition) is 2. The zero-order valence-electron chi connectivity index (χ0n) is 2.57. The van der Waals surface area contributed by atoms with Crippen molar-refractivity contribution in [3.8, 4) is 0 Å². The molecule has 0 aliphatic rings. The van der Waals surface area contributed by atoms with E-state index in [4.69, 9.17) is 13.3 Å². The quantitative estimate of drug-likeness (QED) is 0.546. The van der Waals surface area contributed by atoms with Gasteiger partial charge in [0.2, 0.25) is 0 Å². The van der Waals surface area contributed by atoms with Crippen LogP contribution in [0.2, 0.25) is 0 Å². The van der Waals surface area contributed by atoms with E-state index in [0.717, 1.165) is 0 Å². The van der Waals surface area contributed by atoms with Crippen molar-refractivity contribution in [3.05, 3.63) is 0 Å². The summed E-state index contributed by atoms with van der Waals surface area (Å²) in [6, 6.07) is 0. The molecule has 3 nitrogen and oxygen atoms in total. The zero-order valence-corrected chi connectivity index (χ0v) is 6.75. The van der Waals surface area contributed by atoms with Crippen molar-refractivity contribution in [2.75, 3.05) is 0 Å². The summed E-state index contributed by atoms with van der Waals surface area (Å²) in [5.74, 6) is 0. The Morgan fingerprint density at radius 2 is 1.50 bits per heavy atom. The summed E-state index contributed by atoms with van der Waals surface area (Å²) in [7, 11) is -3.83. The van der Waals surface area contributed by atoms with Crippen molar-refractivity contribution in [3.63, 3.8) is 0 Å². The molecule has 6 heteroatoms. The normalized spacial score (nSPS) is 9.67. The van der Waals surface area contributed by atoms with E-state index in [-0.39, 0.29) is 24.4 Å². The molecule has 0 rings (SSSR count). The van der Waals surface area contributed by atoms with Crippen LogP contribution in [0, 0.1) is 0 Å². The minimum atomic E-state index is -3.83. The van der Waals surface area contributed by atoms with E-state index >= 15 is 0 Å². The predicted octanol–water partition coefficient (Wildman–Crippen LogP) is -0.702. The van der Waals surface area contributed by atoms with Gasteiger partial charge in [0.15, 0.2) is 0 Å². The van der Waals surface area contributed by atoms with Gasteiger partial charge in [-0.25, -0.2) is 0 Å². The summed E-state index contributed by atoms with van der Waals surface area (Å²) in [4.78, 5) is 0. The maximum absolute atomic E-state index is 9.11. The predicted molar refractivity (Wildman–Crippen MR) is 26.5 cm³/mol. The van der Waals surface area contributed by atoms with E-state index in [0.29, 0.717) is 0 Å². The fourth-order valence-electron chi connectivity index (χ4n) is 0. The third kappa shape index (κ3) is 70.2. The maximum atomic E-state index is 9.11. The van der Waals surface area contributed by atoms with Crippen molar-refractivity contribution in [2.24, 2.45) is 0 Å². The third-order valence-electron chi connectivity index (χ3n) is 0. The molecule has 0 spiro atoms. The largest absolute Gasteiger partial charge is 0.285 e. The minimum Gasteiger partial charge on any atom is -0.285 e. The molecule has 0 fully saturated rings. The molecule has 0 aromatic rings. The van der Waals surface area contributed by atoms with E-state index in [1.165, 1.54) is 0 Å². The molecule has 3 radical (unpaired) electrons. The van der Waals surface area contributed by atoms with Gasteiger partial charge >= 0.3 is 0 Å². The van der Waals surface area contributed by atoms with Crippen molar-refractivity contribution < 1.29 is 13.3 Å². The van der Waals surface area contributed by atoms with Crippen molar-refractivity contribution in [1.29, 1.82) is 0 Å². The SMILES string of the molecule is O=S(O)(O)=S.[Sb]. The summed E-state index contributed by atoms with van der Waals surface area (Å²) in [6.07, 6.45) is 0. The Labute approximate surface area is 57.9 Å². The van der Waals surface area contributed by atoms with Crippen LogP contribution in [-0.4, -0.2) is 37.7 Å². The maximum Gasteiger partial charge on any atom is 0.263 e. The fourth-order valence-corrected chi connectivity index (χ4v) is 0. The van der Waals surface area contributed by atoms with Crippen LogP contribution in [0.25, 0.3) is 0 Å². The smallest absolute Gasteiger partial charge is 0.263 e. The van der Waals surface area contributed by atoms with E-state index in [1.807, 2.05) is 0 Å². The average molecular weight is 236 g/mol.